The zero-order chi connectivity index (χ0) is 12.8. The molecule has 1 fully saturated rings. The molecule has 1 saturated heterocycles. The van der Waals surface area contributed by atoms with Gasteiger partial charge in [-0.25, -0.2) is 0 Å². The van der Waals surface area contributed by atoms with E-state index in [0.717, 1.165) is 37.2 Å². The Morgan fingerprint density at radius 1 is 1.32 bits per heavy atom. The quantitative estimate of drug-likeness (QED) is 0.903. The smallest absolute Gasteiger partial charge is 0.140 e. The van der Waals surface area contributed by atoms with Crippen molar-refractivity contribution in [1.29, 1.82) is 0 Å². The number of para-hydroxylation sites is 1. The molecule has 0 unspecified atom stereocenters. The van der Waals surface area contributed by atoms with Crippen LogP contribution in [0.2, 0.25) is 0 Å². The Hall–Kier alpha value is -1.06. The van der Waals surface area contributed by atoms with E-state index in [4.69, 9.17) is 4.74 Å². The SMILES string of the molecule is CCOc1ccccc1CC(=O)C1CCNCC1.Cl. The van der Waals surface area contributed by atoms with Gasteiger partial charge in [0.15, 0.2) is 0 Å². The minimum absolute atomic E-state index is 0. The van der Waals surface area contributed by atoms with Crippen LogP contribution in [0, 0.1) is 5.92 Å². The van der Waals surface area contributed by atoms with E-state index in [1.54, 1.807) is 0 Å². The molecule has 0 bridgehead atoms. The van der Waals surface area contributed by atoms with Crippen LogP contribution in [0.3, 0.4) is 0 Å². The van der Waals surface area contributed by atoms with E-state index in [-0.39, 0.29) is 18.3 Å². The Morgan fingerprint density at radius 3 is 2.68 bits per heavy atom. The van der Waals surface area contributed by atoms with Gasteiger partial charge < -0.3 is 10.1 Å². The molecule has 0 aromatic heterocycles. The van der Waals surface area contributed by atoms with Gasteiger partial charge in [0, 0.05) is 17.9 Å². The van der Waals surface area contributed by atoms with Gasteiger partial charge in [-0.3, -0.25) is 4.79 Å². The summed E-state index contributed by atoms with van der Waals surface area (Å²) in [7, 11) is 0. The Labute approximate surface area is 121 Å². The van der Waals surface area contributed by atoms with Crippen molar-refractivity contribution in [2.24, 2.45) is 5.92 Å². The largest absolute Gasteiger partial charge is 0.494 e. The standard InChI is InChI=1S/C15H21NO2.ClH/c1-2-18-15-6-4-3-5-13(15)11-14(17)12-7-9-16-10-8-12;/h3-6,12,16H,2,7-11H2,1H3;1H. The lowest BCUT2D eigenvalue weighted by Crippen LogP contribution is -2.32. The van der Waals surface area contributed by atoms with Gasteiger partial charge in [0.05, 0.1) is 6.61 Å². The fraction of sp³-hybridized carbons (Fsp3) is 0.533. The molecule has 1 aliphatic rings. The Morgan fingerprint density at radius 2 is 2.00 bits per heavy atom. The van der Waals surface area contributed by atoms with Crippen LogP contribution in [0.5, 0.6) is 5.75 Å². The second-order valence-electron chi connectivity index (χ2n) is 4.71. The fourth-order valence-corrected chi connectivity index (χ4v) is 2.42. The summed E-state index contributed by atoms with van der Waals surface area (Å²) in [6.45, 7) is 4.52. The number of ether oxygens (including phenoxy) is 1. The van der Waals surface area contributed by atoms with Crippen LogP contribution < -0.4 is 10.1 Å². The number of ketones is 1. The highest BCUT2D eigenvalue weighted by atomic mass is 35.5. The third-order valence-electron chi connectivity index (χ3n) is 3.43. The zero-order valence-corrected chi connectivity index (χ0v) is 12.2. The fourth-order valence-electron chi connectivity index (χ4n) is 2.42. The molecule has 2 rings (SSSR count). The number of hydrogen-bond acceptors (Lipinski definition) is 3. The normalized spacial score (nSPS) is 15.6. The average Bonchev–Trinajstić information content (AvgIpc) is 2.42. The average molecular weight is 284 g/mol. The van der Waals surface area contributed by atoms with Crippen molar-refractivity contribution >= 4 is 18.2 Å². The molecule has 0 saturated carbocycles. The second-order valence-corrected chi connectivity index (χ2v) is 4.71. The molecule has 0 amide bonds. The molecule has 106 valence electrons. The number of rotatable bonds is 5. The van der Waals surface area contributed by atoms with Crippen LogP contribution in [-0.4, -0.2) is 25.5 Å². The van der Waals surface area contributed by atoms with Crippen molar-refractivity contribution in [2.75, 3.05) is 19.7 Å². The van der Waals surface area contributed by atoms with Gasteiger partial charge in [-0.05, 0) is 38.9 Å². The highest BCUT2D eigenvalue weighted by Crippen LogP contribution is 2.22. The number of benzene rings is 1. The van der Waals surface area contributed by atoms with Gasteiger partial charge in [0.25, 0.3) is 0 Å². The predicted molar refractivity (Wildman–Crippen MR) is 79.2 cm³/mol. The maximum absolute atomic E-state index is 12.2. The molecular formula is C15H22ClNO2. The molecule has 1 heterocycles. The van der Waals surface area contributed by atoms with Crippen molar-refractivity contribution in [3.8, 4) is 5.75 Å². The van der Waals surface area contributed by atoms with E-state index in [0.29, 0.717) is 18.8 Å². The first kappa shape index (κ1) is 16.0. The van der Waals surface area contributed by atoms with Gasteiger partial charge in [-0.1, -0.05) is 18.2 Å². The summed E-state index contributed by atoms with van der Waals surface area (Å²) < 4.78 is 5.56. The minimum Gasteiger partial charge on any atom is -0.494 e. The van der Waals surface area contributed by atoms with Crippen molar-refractivity contribution in [1.82, 2.24) is 5.32 Å². The van der Waals surface area contributed by atoms with Crippen LogP contribution in [0.15, 0.2) is 24.3 Å². The Balaban J connectivity index is 0.00000180. The molecule has 1 aromatic rings. The lowest BCUT2D eigenvalue weighted by molar-refractivity contribution is -0.122. The molecule has 1 N–H and O–H groups in total. The monoisotopic (exact) mass is 283 g/mol. The molecule has 0 radical (unpaired) electrons. The summed E-state index contributed by atoms with van der Waals surface area (Å²) in [5, 5.41) is 3.29. The Kier molecular flexibility index (Phi) is 6.89. The van der Waals surface area contributed by atoms with Crippen LogP contribution in [0.4, 0.5) is 0 Å². The van der Waals surface area contributed by atoms with E-state index in [2.05, 4.69) is 5.32 Å². The van der Waals surface area contributed by atoms with Crippen LogP contribution in [-0.2, 0) is 11.2 Å². The van der Waals surface area contributed by atoms with Crippen molar-refractivity contribution < 1.29 is 9.53 Å². The third-order valence-corrected chi connectivity index (χ3v) is 3.43. The minimum atomic E-state index is 0. The number of hydrogen-bond donors (Lipinski definition) is 1. The summed E-state index contributed by atoms with van der Waals surface area (Å²) in [5.41, 5.74) is 1.02. The van der Waals surface area contributed by atoms with Gasteiger partial charge in [0.1, 0.15) is 11.5 Å². The molecule has 19 heavy (non-hydrogen) atoms. The van der Waals surface area contributed by atoms with Crippen LogP contribution in [0.1, 0.15) is 25.3 Å². The lowest BCUT2D eigenvalue weighted by atomic mass is 9.90. The lowest BCUT2D eigenvalue weighted by Gasteiger charge is -2.21. The van der Waals surface area contributed by atoms with E-state index in [9.17, 15) is 4.79 Å². The number of Topliss-reactive ketones (excluding diaryl/α,β-unsaturated/α-hetero) is 1. The van der Waals surface area contributed by atoms with Gasteiger partial charge in [-0.15, -0.1) is 12.4 Å². The highest BCUT2D eigenvalue weighted by Gasteiger charge is 2.21. The van der Waals surface area contributed by atoms with Crippen LogP contribution >= 0.6 is 12.4 Å². The zero-order valence-electron chi connectivity index (χ0n) is 11.4. The summed E-state index contributed by atoms with van der Waals surface area (Å²) >= 11 is 0. The summed E-state index contributed by atoms with van der Waals surface area (Å²) in [6, 6.07) is 7.84. The first-order chi connectivity index (χ1) is 8.81. The third kappa shape index (κ3) is 4.51. The topological polar surface area (TPSA) is 38.3 Å². The molecule has 1 aromatic carbocycles. The molecule has 3 nitrogen and oxygen atoms in total. The summed E-state index contributed by atoms with van der Waals surface area (Å²) in [5.74, 6) is 1.42. The molecule has 0 spiro atoms. The molecule has 0 atom stereocenters. The van der Waals surface area contributed by atoms with Crippen molar-refractivity contribution in [3.63, 3.8) is 0 Å². The molecule has 4 heteroatoms. The summed E-state index contributed by atoms with van der Waals surface area (Å²) in [6.07, 6.45) is 2.44. The van der Waals surface area contributed by atoms with E-state index < -0.39 is 0 Å². The first-order valence-electron chi connectivity index (χ1n) is 6.75. The van der Waals surface area contributed by atoms with Gasteiger partial charge in [0.2, 0.25) is 0 Å². The number of carbonyl (C=O) groups is 1. The maximum atomic E-state index is 12.2. The van der Waals surface area contributed by atoms with E-state index in [1.807, 2.05) is 31.2 Å². The van der Waals surface area contributed by atoms with Crippen molar-refractivity contribution in [3.05, 3.63) is 29.8 Å². The molecular weight excluding hydrogens is 262 g/mol. The first-order valence-corrected chi connectivity index (χ1v) is 6.75. The number of halogens is 1. The summed E-state index contributed by atoms with van der Waals surface area (Å²) in [4.78, 5) is 12.2. The maximum Gasteiger partial charge on any atom is 0.140 e. The van der Waals surface area contributed by atoms with E-state index >= 15 is 0 Å². The predicted octanol–water partition coefficient (Wildman–Crippen LogP) is 2.62. The highest BCUT2D eigenvalue weighted by molar-refractivity contribution is 5.85. The molecule has 1 aliphatic heterocycles. The van der Waals surface area contributed by atoms with Crippen molar-refractivity contribution in [2.45, 2.75) is 26.2 Å². The Bertz CT molecular complexity index is 403. The number of carbonyl (C=O) groups excluding carboxylic acids is 1. The van der Waals surface area contributed by atoms with Gasteiger partial charge in [-0.2, -0.15) is 0 Å². The molecule has 0 aliphatic carbocycles. The van der Waals surface area contributed by atoms with Crippen LogP contribution in [0.25, 0.3) is 0 Å². The van der Waals surface area contributed by atoms with E-state index in [1.165, 1.54) is 0 Å². The van der Waals surface area contributed by atoms with Gasteiger partial charge >= 0.3 is 0 Å². The number of nitrogens with one attached hydrogen (secondary N) is 1. The number of piperidine rings is 1. The second kappa shape index (κ2) is 8.18.